The first-order valence-corrected chi connectivity index (χ1v) is 5.55. The van der Waals surface area contributed by atoms with E-state index < -0.39 is 17.6 Å². The maximum Gasteiger partial charge on any atom is 0.246 e. The minimum atomic E-state index is -0.477. The molecule has 2 rings (SSSR count). The molecule has 7 heteroatoms. The molecule has 18 heavy (non-hydrogen) atoms. The molecule has 1 heterocycles. The van der Waals surface area contributed by atoms with Crippen LogP contribution in [0.1, 0.15) is 5.56 Å². The Balaban J connectivity index is 2.41. The number of piperazine rings is 1. The number of imide groups is 1. The molecule has 3 N–H and O–H groups in total. The number of nitrogens with two attached hydrogens (primary N) is 1. The van der Waals surface area contributed by atoms with Crippen LogP contribution in [0.2, 0.25) is 0 Å². The lowest BCUT2D eigenvalue weighted by Crippen LogP contribution is -2.51. The molecule has 1 aliphatic rings. The van der Waals surface area contributed by atoms with Gasteiger partial charge in [-0.1, -0.05) is 12.2 Å². The zero-order valence-corrected chi connectivity index (χ0v) is 10.1. The van der Waals surface area contributed by atoms with E-state index in [1.165, 1.54) is 23.1 Å². The molecule has 1 aliphatic heterocycles. The van der Waals surface area contributed by atoms with Gasteiger partial charge in [0.1, 0.15) is 10.8 Å². The number of hydrogen-bond acceptors (Lipinski definition) is 4. The highest BCUT2D eigenvalue weighted by atomic mass is 32.1. The van der Waals surface area contributed by atoms with Gasteiger partial charge in [0.2, 0.25) is 11.8 Å². The Morgan fingerprint density at radius 2 is 1.94 bits per heavy atom. The first-order chi connectivity index (χ1) is 8.47. The monoisotopic (exact) mass is 267 g/mol. The van der Waals surface area contributed by atoms with Crippen molar-refractivity contribution in [2.24, 2.45) is 5.73 Å². The molecule has 0 aliphatic carbocycles. The smallest absolute Gasteiger partial charge is 0.246 e. The highest BCUT2D eigenvalue weighted by Gasteiger charge is 2.24. The predicted octanol–water partition coefficient (Wildman–Crippen LogP) is -0.0773. The van der Waals surface area contributed by atoms with Crippen LogP contribution in [0.25, 0.3) is 0 Å². The Bertz CT molecular complexity index is 531. The highest BCUT2D eigenvalue weighted by Crippen LogP contribution is 2.22. The normalized spacial score (nSPS) is 15.5. The molecule has 0 unspecified atom stereocenters. The van der Waals surface area contributed by atoms with Gasteiger partial charge in [0.05, 0.1) is 13.1 Å². The van der Waals surface area contributed by atoms with Gasteiger partial charge in [-0.25, -0.2) is 4.39 Å². The van der Waals surface area contributed by atoms with E-state index in [0.717, 1.165) is 0 Å². The molecule has 1 aromatic rings. The van der Waals surface area contributed by atoms with Crippen molar-refractivity contribution in [2.75, 3.05) is 18.0 Å². The molecule has 1 fully saturated rings. The molecule has 2 amide bonds. The minimum absolute atomic E-state index is 0.00693. The molecule has 0 radical (unpaired) electrons. The average Bonchev–Trinajstić information content (AvgIpc) is 2.27. The van der Waals surface area contributed by atoms with Crippen LogP contribution in [0.3, 0.4) is 0 Å². The predicted molar refractivity (Wildman–Crippen MR) is 67.7 cm³/mol. The van der Waals surface area contributed by atoms with Crippen molar-refractivity contribution < 1.29 is 14.0 Å². The molecule has 94 valence electrons. The third kappa shape index (κ3) is 2.45. The molecule has 5 nitrogen and oxygen atoms in total. The summed E-state index contributed by atoms with van der Waals surface area (Å²) in [5.41, 5.74) is 6.30. The van der Waals surface area contributed by atoms with E-state index in [1.807, 2.05) is 0 Å². The quantitative estimate of drug-likeness (QED) is 0.579. The number of carbonyl (C=O) groups excluding carboxylic acids is 2. The second-order valence-electron chi connectivity index (χ2n) is 3.85. The van der Waals surface area contributed by atoms with Gasteiger partial charge in [0, 0.05) is 11.3 Å². The van der Waals surface area contributed by atoms with Crippen LogP contribution < -0.4 is 16.0 Å². The molecule has 1 saturated heterocycles. The van der Waals surface area contributed by atoms with Gasteiger partial charge < -0.3 is 10.6 Å². The zero-order valence-electron chi connectivity index (χ0n) is 9.27. The molecular weight excluding hydrogens is 257 g/mol. The van der Waals surface area contributed by atoms with Gasteiger partial charge in [-0.2, -0.15) is 0 Å². The third-order valence-corrected chi connectivity index (χ3v) is 2.73. The van der Waals surface area contributed by atoms with Crippen LogP contribution >= 0.6 is 12.2 Å². The molecule has 1 aromatic carbocycles. The van der Waals surface area contributed by atoms with Gasteiger partial charge in [-0.15, -0.1) is 0 Å². The Morgan fingerprint density at radius 3 is 2.50 bits per heavy atom. The second-order valence-corrected chi connectivity index (χ2v) is 4.29. The van der Waals surface area contributed by atoms with Crippen molar-refractivity contribution in [1.29, 1.82) is 0 Å². The van der Waals surface area contributed by atoms with Crippen molar-refractivity contribution in [3.63, 3.8) is 0 Å². The summed E-state index contributed by atoms with van der Waals surface area (Å²) in [6, 6.07) is 3.87. The van der Waals surface area contributed by atoms with E-state index in [1.54, 1.807) is 0 Å². The maximum atomic E-state index is 13.1. The van der Waals surface area contributed by atoms with E-state index >= 15 is 0 Å². The van der Waals surface area contributed by atoms with Crippen LogP contribution in [-0.2, 0) is 9.59 Å². The number of hydrogen-bond donors (Lipinski definition) is 2. The number of halogens is 1. The summed E-state index contributed by atoms with van der Waals surface area (Å²) < 4.78 is 13.1. The molecule has 0 spiro atoms. The lowest BCUT2D eigenvalue weighted by molar-refractivity contribution is -0.130. The fraction of sp³-hybridized carbons (Fsp3) is 0.182. The number of amides is 2. The largest absolute Gasteiger partial charge is 0.389 e. The van der Waals surface area contributed by atoms with Crippen LogP contribution in [-0.4, -0.2) is 29.9 Å². The van der Waals surface area contributed by atoms with Crippen molar-refractivity contribution in [3.05, 3.63) is 29.6 Å². The topological polar surface area (TPSA) is 75.4 Å². The maximum absolute atomic E-state index is 13.1. The average molecular weight is 267 g/mol. The Kier molecular flexibility index (Phi) is 3.24. The number of anilines is 1. The Labute approximate surface area is 108 Å². The summed E-state index contributed by atoms with van der Waals surface area (Å²) in [6.07, 6.45) is 0. The highest BCUT2D eigenvalue weighted by molar-refractivity contribution is 7.80. The van der Waals surface area contributed by atoms with Crippen molar-refractivity contribution >= 4 is 34.7 Å². The van der Waals surface area contributed by atoms with Crippen molar-refractivity contribution in [3.8, 4) is 0 Å². The fourth-order valence-corrected chi connectivity index (χ4v) is 1.95. The molecule has 0 bridgehead atoms. The van der Waals surface area contributed by atoms with E-state index in [4.69, 9.17) is 18.0 Å². The summed E-state index contributed by atoms with van der Waals surface area (Å²) >= 11 is 4.84. The number of carbonyl (C=O) groups is 2. The van der Waals surface area contributed by atoms with Crippen molar-refractivity contribution in [2.45, 2.75) is 0 Å². The van der Waals surface area contributed by atoms with Gasteiger partial charge in [0.15, 0.2) is 0 Å². The van der Waals surface area contributed by atoms with E-state index in [2.05, 4.69) is 5.32 Å². The first kappa shape index (κ1) is 12.4. The number of nitrogens with zero attached hydrogens (tertiary/aromatic N) is 1. The molecule has 0 atom stereocenters. The number of thiocarbonyl (C=S) groups is 1. The lowest BCUT2D eigenvalue weighted by atomic mass is 10.1. The van der Waals surface area contributed by atoms with Crippen LogP contribution in [0.4, 0.5) is 10.1 Å². The first-order valence-electron chi connectivity index (χ1n) is 5.14. The molecular formula is C11H10FN3O2S. The van der Waals surface area contributed by atoms with Crippen LogP contribution in [0.15, 0.2) is 18.2 Å². The van der Waals surface area contributed by atoms with Crippen LogP contribution in [0, 0.1) is 5.82 Å². The number of benzene rings is 1. The summed E-state index contributed by atoms with van der Waals surface area (Å²) in [5, 5.41) is 2.18. The summed E-state index contributed by atoms with van der Waals surface area (Å²) in [6.45, 7) is 0.0139. The zero-order chi connectivity index (χ0) is 13.3. The van der Waals surface area contributed by atoms with Gasteiger partial charge in [0.25, 0.3) is 0 Å². The molecule has 0 saturated carbocycles. The number of nitrogens with one attached hydrogen (secondary N) is 1. The fourth-order valence-electron chi connectivity index (χ4n) is 1.79. The van der Waals surface area contributed by atoms with E-state index in [9.17, 15) is 14.0 Å². The number of rotatable bonds is 2. The standard InChI is InChI=1S/C11H10FN3O2S/c12-6-1-2-8(7(3-6)11(13)18)15-4-9(16)14-10(17)5-15/h1-3H,4-5H2,(H2,13,18)(H,14,16,17). The Hall–Kier alpha value is -2.02. The van der Waals surface area contributed by atoms with E-state index in [0.29, 0.717) is 11.3 Å². The minimum Gasteiger partial charge on any atom is -0.389 e. The second kappa shape index (κ2) is 4.69. The summed E-state index contributed by atoms with van der Waals surface area (Å²) in [7, 11) is 0. The van der Waals surface area contributed by atoms with Gasteiger partial charge >= 0.3 is 0 Å². The summed E-state index contributed by atoms with van der Waals surface area (Å²) in [5.74, 6) is -1.30. The Morgan fingerprint density at radius 1 is 1.33 bits per heavy atom. The van der Waals surface area contributed by atoms with Crippen LogP contribution in [0.5, 0.6) is 0 Å². The lowest BCUT2D eigenvalue weighted by Gasteiger charge is -2.29. The van der Waals surface area contributed by atoms with E-state index in [-0.39, 0.29) is 18.1 Å². The van der Waals surface area contributed by atoms with Crippen molar-refractivity contribution in [1.82, 2.24) is 5.32 Å². The molecule has 0 aromatic heterocycles. The summed E-state index contributed by atoms with van der Waals surface area (Å²) in [4.78, 5) is 24.1. The van der Waals surface area contributed by atoms with Gasteiger partial charge in [-0.3, -0.25) is 14.9 Å². The third-order valence-electron chi connectivity index (χ3n) is 2.51. The SMILES string of the molecule is NC(=S)c1cc(F)ccc1N1CC(=O)NC(=O)C1. The van der Waals surface area contributed by atoms with Gasteiger partial charge in [-0.05, 0) is 18.2 Å².